The lowest BCUT2D eigenvalue weighted by molar-refractivity contribution is 0.480. The van der Waals surface area contributed by atoms with Crippen LogP contribution < -0.4 is 10.6 Å². The van der Waals surface area contributed by atoms with Gasteiger partial charge in [0, 0.05) is 20.2 Å². The van der Waals surface area contributed by atoms with Crippen molar-refractivity contribution in [3.05, 3.63) is 27.1 Å². The summed E-state index contributed by atoms with van der Waals surface area (Å²) in [5.74, 6) is 0.791. The quantitative estimate of drug-likeness (QED) is 0.498. The van der Waals surface area contributed by atoms with Gasteiger partial charge in [0.15, 0.2) is 5.96 Å². The number of halogens is 2. The molecule has 3 nitrogen and oxygen atoms in total. The average Bonchev–Trinajstić information content (AvgIpc) is 2.24. The van der Waals surface area contributed by atoms with Crippen LogP contribution in [-0.2, 0) is 0 Å². The molecule has 21 heavy (non-hydrogen) atoms. The van der Waals surface area contributed by atoms with E-state index in [0.717, 1.165) is 27.0 Å². The summed E-state index contributed by atoms with van der Waals surface area (Å²) in [4.78, 5) is 4.83. The first kappa shape index (κ1) is 18.5. The van der Waals surface area contributed by atoms with Crippen molar-refractivity contribution in [3.63, 3.8) is 0 Å². The highest BCUT2D eigenvalue weighted by atomic mass is 79.9. The maximum absolute atomic E-state index is 4.83. The van der Waals surface area contributed by atoms with Gasteiger partial charge in [-0.1, -0.05) is 38.8 Å². The smallest absolute Gasteiger partial charge is 0.196 e. The Labute approximate surface area is 145 Å². The van der Waals surface area contributed by atoms with Gasteiger partial charge in [-0.05, 0) is 59.2 Å². The topological polar surface area (TPSA) is 36.4 Å². The zero-order valence-electron chi connectivity index (χ0n) is 13.6. The van der Waals surface area contributed by atoms with Gasteiger partial charge in [0.05, 0.1) is 5.54 Å². The van der Waals surface area contributed by atoms with Crippen molar-refractivity contribution in [1.82, 2.24) is 5.32 Å². The third-order valence-corrected chi connectivity index (χ3v) is 3.81. The van der Waals surface area contributed by atoms with Gasteiger partial charge in [-0.2, -0.15) is 0 Å². The van der Waals surface area contributed by atoms with Crippen molar-refractivity contribution in [2.45, 2.75) is 59.0 Å². The molecule has 0 fully saturated rings. The summed E-state index contributed by atoms with van der Waals surface area (Å²) >= 11 is 7.02. The maximum Gasteiger partial charge on any atom is 0.196 e. The normalized spacial score (nSPS) is 13.2. The Kier molecular flexibility index (Phi) is 6.29. The molecule has 0 spiro atoms. The molecule has 0 unspecified atom stereocenters. The van der Waals surface area contributed by atoms with Crippen molar-refractivity contribution < 1.29 is 0 Å². The predicted molar refractivity (Wildman–Crippen MR) is 100 cm³/mol. The highest BCUT2D eigenvalue weighted by Gasteiger charge is 2.18. The van der Waals surface area contributed by atoms with Crippen LogP contribution in [0.25, 0.3) is 0 Å². The van der Waals surface area contributed by atoms with E-state index in [1.54, 1.807) is 0 Å². The van der Waals surface area contributed by atoms with E-state index >= 15 is 0 Å². The maximum atomic E-state index is 4.83. The van der Waals surface area contributed by atoms with E-state index in [4.69, 9.17) is 4.99 Å². The first-order valence-electron chi connectivity index (χ1n) is 7.12. The van der Waals surface area contributed by atoms with Gasteiger partial charge >= 0.3 is 0 Å². The molecule has 0 aliphatic heterocycles. The van der Waals surface area contributed by atoms with Gasteiger partial charge in [0.25, 0.3) is 0 Å². The fourth-order valence-corrected chi connectivity index (χ4v) is 2.88. The fraction of sp³-hybridized carbons (Fsp3) is 0.562. The van der Waals surface area contributed by atoms with E-state index in [0.29, 0.717) is 0 Å². The molecule has 0 aliphatic rings. The first-order valence-corrected chi connectivity index (χ1v) is 8.70. The molecular formula is C16H25Br2N3. The molecule has 2 N–H and O–H groups in total. The summed E-state index contributed by atoms with van der Waals surface area (Å²) in [6.07, 6.45) is 0.978. The van der Waals surface area contributed by atoms with Crippen molar-refractivity contribution >= 4 is 43.5 Å². The summed E-state index contributed by atoms with van der Waals surface area (Å²) in [5.41, 5.74) is 0.821. The number of nitrogens with zero attached hydrogens (tertiary/aromatic N) is 1. The number of aliphatic imine (C=N–C) groups is 1. The molecule has 1 aromatic rings. The first-order chi connectivity index (χ1) is 9.50. The van der Waals surface area contributed by atoms with Gasteiger partial charge in [-0.25, -0.2) is 4.99 Å². The molecule has 0 amide bonds. The van der Waals surface area contributed by atoms with Crippen molar-refractivity contribution in [1.29, 1.82) is 0 Å². The number of rotatable bonds is 3. The Morgan fingerprint density at radius 3 is 2.00 bits per heavy atom. The molecule has 1 rings (SSSR count). The van der Waals surface area contributed by atoms with Gasteiger partial charge in [-0.3, -0.25) is 0 Å². The lowest BCUT2D eigenvalue weighted by atomic mass is 10.0. The largest absolute Gasteiger partial charge is 0.352 e. The van der Waals surface area contributed by atoms with Crippen LogP contribution in [0.1, 0.15) is 48.0 Å². The number of hydrogen-bond acceptors (Lipinski definition) is 1. The number of nitrogens with one attached hydrogen (secondary N) is 2. The molecule has 5 heteroatoms. The summed E-state index contributed by atoms with van der Waals surface area (Å²) in [6.45, 7) is 12.8. The monoisotopic (exact) mass is 417 g/mol. The van der Waals surface area contributed by atoms with Gasteiger partial charge < -0.3 is 10.6 Å². The molecule has 0 radical (unpaired) electrons. The summed E-state index contributed by atoms with van der Waals surface area (Å²) in [5, 5.41) is 6.83. The van der Waals surface area contributed by atoms with Crippen LogP contribution in [0.15, 0.2) is 32.1 Å². The van der Waals surface area contributed by atoms with Crippen LogP contribution in [0.2, 0.25) is 0 Å². The average molecular weight is 419 g/mol. The van der Waals surface area contributed by atoms with Gasteiger partial charge in [0.1, 0.15) is 0 Å². The fourth-order valence-electron chi connectivity index (χ4n) is 1.59. The molecule has 0 heterocycles. The second-order valence-electron chi connectivity index (χ2n) is 6.78. The van der Waals surface area contributed by atoms with Crippen molar-refractivity contribution in [2.24, 2.45) is 4.99 Å². The number of anilines is 1. The molecule has 0 saturated carbocycles. The van der Waals surface area contributed by atoms with E-state index in [-0.39, 0.29) is 11.1 Å². The van der Waals surface area contributed by atoms with E-state index in [2.05, 4.69) is 84.0 Å². The minimum Gasteiger partial charge on any atom is -0.352 e. The summed E-state index contributed by atoms with van der Waals surface area (Å²) in [6, 6.07) is 6.07. The SMILES string of the molecule is CCC(C)(C)/N=C(/Nc1cc(Br)cc(Br)c1)NC(C)(C)C. The van der Waals surface area contributed by atoms with Crippen LogP contribution >= 0.6 is 31.9 Å². The Morgan fingerprint density at radius 1 is 1.05 bits per heavy atom. The minimum atomic E-state index is -0.107. The van der Waals surface area contributed by atoms with Crippen LogP contribution in [-0.4, -0.2) is 17.0 Å². The van der Waals surface area contributed by atoms with E-state index in [1.165, 1.54) is 0 Å². The lowest BCUT2D eigenvalue weighted by Gasteiger charge is -2.27. The highest BCUT2D eigenvalue weighted by molar-refractivity contribution is 9.11. The summed E-state index contributed by atoms with van der Waals surface area (Å²) in [7, 11) is 0. The van der Waals surface area contributed by atoms with E-state index < -0.39 is 0 Å². The van der Waals surface area contributed by atoms with Crippen LogP contribution in [0.3, 0.4) is 0 Å². The molecule has 0 saturated heterocycles. The van der Waals surface area contributed by atoms with E-state index in [1.807, 2.05) is 18.2 Å². The van der Waals surface area contributed by atoms with Crippen LogP contribution in [0.4, 0.5) is 5.69 Å². The Hall–Kier alpha value is -0.550. The number of guanidine groups is 1. The molecular weight excluding hydrogens is 394 g/mol. The molecule has 1 aromatic carbocycles. The van der Waals surface area contributed by atoms with Crippen molar-refractivity contribution in [2.75, 3.05) is 5.32 Å². The molecule has 0 aromatic heterocycles. The summed E-state index contributed by atoms with van der Waals surface area (Å²) < 4.78 is 2.04. The molecule has 0 aliphatic carbocycles. The third kappa shape index (κ3) is 7.32. The number of benzene rings is 1. The highest BCUT2D eigenvalue weighted by Crippen LogP contribution is 2.24. The molecule has 0 bridgehead atoms. The van der Waals surface area contributed by atoms with E-state index in [9.17, 15) is 0 Å². The second kappa shape index (κ2) is 7.14. The van der Waals surface area contributed by atoms with Gasteiger partial charge in [-0.15, -0.1) is 0 Å². The van der Waals surface area contributed by atoms with Crippen LogP contribution in [0.5, 0.6) is 0 Å². The Bertz CT molecular complexity index is 496. The van der Waals surface area contributed by atoms with Crippen molar-refractivity contribution in [3.8, 4) is 0 Å². The predicted octanol–water partition coefficient (Wildman–Crippen LogP) is 5.56. The Balaban J connectivity index is 3.07. The Morgan fingerprint density at radius 2 is 1.57 bits per heavy atom. The third-order valence-electron chi connectivity index (χ3n) is 2.90. The zero-order chi connectivity index (χ0) is 16.3. The standard InChI is InChI=1S/C16H25Br2N3/c1-7-16(5,6)21-14(20-15(2,3)4)19-13-9-11(17)8-12(18)10-13/h8-10H,7H2,1-6H3,(H2,19,20,21). The van der Waals surface area contributed by atoms with Crippen LogP contribution in [0, 0.1) is 0 Å². The molecule has 118 valence electrons. The number of hydrogen-bond donors (Lipinski definition) is 2. The second-order valence-corrected chi connectivity index (χ2v) is 8.62. The van der Waals surface area contributed by atoms with Gasteiger partial charge in [0.2, 0.25) is 0 Å². The lowest BCUT2D eigenvalue weighted by Crippen LogP contribution is -2.45. The zero-order valence-corrected chi connectivity index (χ0v) is 16.8. The minimum absolute atomic E-state index is 0.0566. The molecule has 0 atom stereocenters.